The lowest BCUT2D eigenvalue weighted by Crippen LogP contribution is -2.44. The Hall–Kier alpha value is -8.72. The molecule has 0 heterocycles. The van der Waals surface area contributed by atoms with Crippen molar-refractivity contribution in [3.63, 3.8) is 0 Å². The Morgan fingerprint density at radius 2 is 0.559 bits per heavy atom. The zero-order valence-corrected chi connectivity index (χ0v) is 37.5. The van der Waals surface area contributed by atoms with Crippen LogP contribution in [-0.2, 0) is 10.8 Å². The molecule has 68 heavy (non-hydrogen) atoms. The Morgan fingerprint density at radius 1 is 0.206 bits per heavy atom. The molecule has 0 saturated heterocycles. The minimum absolute atomic E-state index is 0.542. The minimum atomic E-state index is -0.562. The van der Waals surface area contributed by atoms with Gasteiger partial charge < -0.3 is 9.80 Å². The van der Waals surface area contributed by atoms with Gasteiger partial charge in [0.25, 0.3) is 0 Å². The van der Waals surface area contributed by atoms with E-state index in [0.29, 0.717) is 0 Å². The fourth-order valence-corrected chi connectivity index (χ4v) is 11.8. The third-order valence-electron chi connectivity index (χ3n) is 14.6. The van der Waals surface area contributed by atoms with Crippen LogP contribution in [0.4, 0.5) is 34.1 Å². The van der Waals surface area contributed by atoms with Crippen LogP contribution in [0.2, 0.25) is 0 Å². The molecule has 0 fully saturated rings. The number of anilines is 6. The summed E-state index contributed by atoms with van der Waals surface area (Å²) in [6, 6.07) is 103. The highest BCUT2D eigenvalue weighted by Gasteiger charge is 2.56. The van der Waals surface area contributed by atoms with Gasteiger partial charge >= 0.3 is 0 Å². The van der Waals surface area contributed by atoms with Crippen molar-refractivity contribution in [2.24, 2.45) is 0 Å². The third kappa shape index (κ3) is 5.91. The average Bonchev–Trinajstić information content (AvgIpc) is 3.71. The summed E-state index contributed by atoms with van der Waals surface area (Å²) in [7, 11) is 0. The summed E-state index contributed by atoms with van der Waals surface area (Å²) in [5, 5.41) is 2.44. The van der Waals surface area contributed by atoms with Gasteiger partial charge in [0, 0.05) is 34.1 Å². The molecule has 2 heteroatoms. The Labute approximate surface area is 398 Å². The lowest BCUT2D eigenvalue weighted by molar-refractivity contribution is 0.623. The van der Waals surface area contributed by atoms with Gasteiger partial charge in [-0.2, -0.15) is 0 Å². The number of rotatable bonds is 8. The molecule has 0 aromatic heterocycles. The van der Waals surface area contributed by atoms with E-state index in [4.69, 9.17) is 0 Å². The number of hydrogen-bond acceptors (Lipinski definition) is 2. The van der Waals surface area contributed by atoms with E-state index in [2.05, 4.69) is 289 Å². The first-order valence-electron chi connectivity index (χ1n) is 23.6. The molecule has 2 nitrogen and oxygen atoms in total. The summed E-state index contributed by atoms with van der Waals surface area (Å²) in [5.74, 6) is 0. The SMILES string of the molecule is c1ccc(N(c2ccc(N(c3ccccc3)c3ccc4ccccc4c3)cc2)c2ccc3c(c2)-c2ccccc2C32c3ccccc3C(c3ccccc3)(c3ccccc3)c3ccccc32)cc1. The van der Waals surface area contributed by atoms with Crippen molar-refractivity contribution < 1.29 is 0 Å². The van der Waals surface area contributed by atoms with E-state index in [1.807, 2.05) is 0 Å². The second kappa shape index (κ2) is 16.0. The normalized spacial score (nSPS) is 13.5. The lowest BCUT2D eigenvalue weighted by atomic mass is 9.51. The van der Waals surface area contributed by atoms with Gasteiger partial charge in [-0.1, -0.05) is 206 Å². The van der Waals surface area contributed by atoms with Crippen LogP contribution in [0.15, 0.2) is 279 Å². The van der Waals surface area contributed by atoms with Crippen molar-refractivity contribution in [3.05, 3.63) is 324 Å². The van der Waals surface area contributed by atoms with E-state index in [0.717, 1.165) is 34.1 Å². The van der Waals surface area contributed by atoms with Crippen molar-refractivity contribution in [2.75, 3.05) is 9.80 Å². The highest BCUT2D eigenvalue weighted by molar-refractivity contribution is 5.93. The van der Waals surface area contributed by atoms with E-state index in [1.54, 1.807) is 0 Å². The summed E-state index contributed by atoms with van der Waals surface area (Å²) in [6.45, 7) is 0. The maximum absolute atomic E-state index is 2.44. The van der Waals surface area contributed by atoms with Crippen LogP contribution < -0.4 is 9.80 Å². The Morgan fingerprint density at radius 3 is 1.09 bits per heavy atom. The Kier molecular flexibility index (Phi) is 9.33. The van der Waals surface area contributed by atoms with Crippen LogP contribution in [0.3, 0.4) is 0 Å². The Bertz CT molecular complexity index is 3530. The fraction of sp³-hybridized carbons (Fsp3) is 0.0303. The largest absolute Gasteiger partial charge is 0.310 e. The molecule has 0 bridgehead atoms. The topological polar surface area (TPSA) is 6.48 Å². The molecule has 0 N–H and O–H groups in total. The second-order valence-electron chi connectivity index (χ2n) is 18.0. The van der Waals surface area contributed by atoms with Gasteiger partial charge in [0.15, 0.2) is 0 Å². The number of hydrogen-bond donors (Lipinski definition) is 0. The highest BCUT2D eigenvalue weighted by Crippen LogP contribution is 2.65. The van der Waals surface area contributed by atoms with Crippen molar-refractivity contribution in [3.8, 4) is 11.1 Å². The maximum atomic E-state index is 2.44. The zero-order valence-electron chi connectivity index (χ0n) is 37.5. The van der Waals surface area contributed by atoms with E-state index in [1.165, 1.54) is 66.4 Å². The first-order valence-corrected chi connectivity index (χ1v) is 23.6. The standard InChI is InChI=1S/C66H46N2/c1-5-23-49(24-6-1)65(50-25-7-2-8-26-50)61-33-17-19-35-63(61)66(64-36-20-18-34-62(64)65)59-32-16-15-31-57(59)58-46-56(43-44-60(58)66)68(52-29-11-4-12-30-52)54-41-39-53(40-42-54)67(51-27-9-3-10-28-51)55-38-37-47-21-13-14-22-48(47)45-55/h1-46H. The maximum Gasteiger partial charge on any atom is 0.0720 e. The van der Waals surface area contributed by atoms with Gasteiger partial charge in [0.1, 0.15) is 0 Å². The molecular weight excluding hydrogens is 821 g/mol. The van der Waals surface area contributed by atoms with Crippen LogP contribution in [0.5, 0.6) is 0 Å². The molecular formula is C66H46N2. The number of fused-ring (bicyclic) bond motifs is 10. The molecule has 2 aliphatic rings. The van der Waals surface area contributed by atoms with Gasteiger partial charge in [0.05, 0.1) is 10.8 Å². The third-order valence-corrected chi connectivity index (χ3v) is 14.6. The highest BCUT2D eigenvalue weighted by atomic mass is 15.2. The second-order valence-corrected chi connectivity index (χ2v) is 18.0. The Balaban J connectivity index is 0.995. The van der Waals surface area contributed by atoms with Gasteiger partial charge in [-0.05, 0) is 139 Å². The summed E-state index contributed by atoms with van der Waals surface area (Å²) < 4.78 is 0. The molecule has 11 aromatic carbocycles. The molecule has 0 amide bonds. The summed E-state index contributed by atoms with van der Waals surface area (Å²) in [6.07, 6.45) is 0. The summed E-state index contributed by atoms with van der Waals surface area (Å²) in [5.41, 5.74) is 18.4. The van der Waals surface area contributed by atoms with Crippen LogP contribution in [0.1, 0.15) is 44.5 Å². The minimum Gasteiger partial charge on any atom is -0.310 e. The van der Waals surface area contributed by atoms with Crippen molar-refractivity contribution >= 4 is 44.9 Å². The molecule has 13 rings (SSSR count). The predicted molar refractivity (Wildman–Crippen MR) is 282 cm³/mol. The first kappa shape index (κ1) is 39.6. The smallest absolute Gasteiger partial charge is 0.0720 e. The molecule has 0 saturated carbocycles. The molecule has 2 aliphatic carbocycles. The molecule has 0 radical (unpaired) electrons. The van der Waals surface area contributed by atoms with Crippen LogP contribution >= 0.6 is 0 Å². The quantitative estimate of drug-likeness (QED) is 0.150. The summed E-state index contributed by atoms with van der Waals surface area (Å²) in [4.78, 5) is 4.75. The van der Waals surface area contributed by atoms with Gasteiger partial charge in [-0.15, -0.1) is 0 Å². The first-order chi connectivity index (χ1) is 33.7. The van der Waals surface area contributed by atoms with Crippen LogP contribution in [0.25, 0.3) is 21.9 Å². The predicted octanol–water partition coefficient (Wildman–Crippen LogP) is 16.8. The summed E-state index contributed by atoms with van der Waals surface area (Å²) >= 11 is 0. The number of nitrogens with zero attached hydrogens (tertiary/aromatic N) is 2. The molecule has 0 atom stereocenters. The number of para-hydroxylation sites is 2. The molecule has 1 spiro atoms. The van der Waals surface area contributed by atoms with E-state index >= 15 is 0 Å². The van der Waals surface area contributed by atoms with Crippen molar-refractivity contribution in [2.45, 2.75) is 10.8 Å². The van der Waals surface area contributed by atoms with E-state index in [9.17, 15) is 0 Å². The molecule has 11 aromatic rings. The zero-order chi connectivity index (χ0) is 45.1. The van der Waals surface area contributed by atoms with Crippen LogP contribution in [0, 0.1) is 0 Å². The monoisotopic (exact) mass is 866 g/mol. The number of benzene rings is 11. The van der Waals surface area contributed by atoms with Crippen molar-refractivity contribution in [1.82, 2.24) is 0 Å². The molecule has 0 unspecified atom stereocenters. The van der Waals surface area contributed by atoms with Gasteiger partial charge in [-0.25, -0.2) is 0 Å². The van der Waals surface area contributed by atoms with Gasteiger partial charge in [-0.3, -0.25) is 0 Å². The fourth-order valence-electron chi connectivity index (χ4n) is 11.8. The average molecular weight is 867 g/mol. The van der Waals surface area contributed by atoms with E-state index < -0.39 is 10.8 Å². The molecule has 0 aliphatic heterocycles. The lowest BCUT2D eigenvalue weighted by Gasteiger charge is -2.50. The van der Waals surface area contributed by atoms with Crippen LogP contribution in [-0.4, -0.2) is 0 Å². The molecule has 320 valence electrons. The van der Waals surface area contributed by atoms with Crippen molar-refractivity contribution in [1.29, 1.82) is 0 Å². The van der Waals surface area contributed by atoms with E-state index in [-0.39, 0.29) is 0 Å². The van der Waals surface area contributed by atoms with Gasteiger partial charge in [0.2, 0.25) is 0 Å².